The van der Waals surface area contributed by atoms with Gasteiger partial charge in [-0.25, -0.2) is 0 Å². The highest BCUT2D eigenvalue weighted by molar-refractivity contribution is 7.98. The van der Waals surface area contributed by atoms with Crippen LogP contribution in [0.4, 0.5) is 5.69 Å². The molecule has 0 saturated carbocycles. The quantitative estimate of drug-likeness (QED) is 0.577. The van der Waals surface area contributed by atoms with Gasteiger partial charge in [0.25, 0.3) is 0 Å². The zero-order valence-electron chi connectivity index (χ0n) is 10.6. The van der Waals surface area contributed by atoms with E-state index in [1.54, 1.807) is 0 Å². The van der Waals surface area contributed by atoms with E-state index in [0.29, 0.717) is 12.2 Å². The molecule has 1 aromatic carbocycles. The maximum absolute atomic E-state index is 10.1. The molecule has 1 unspecified atom stereocenters. The van der Waals surface area contributed by atoms with Gasteiger partial charge in [0.05, 0.1) is 6.10 Å². The van der Waals surface area contributed by atoms with Crippen molar-refractivity contribution in [1.82, 2.24) is 4.90 Å². The van der Waals surface area contributed by atoms with Gasteiger partial charge in [-0.1, -0.05) is 18.2 Å². The van der Waals surface area contributed by atoms with Crippen LogP contribution in [-0.4, -0.2) is 42.2 Å². The van der Waals surface area contributed by atoms with Gasteiger partial charge >= 0.3 is 0 Å². The van der Waals surface area contributed by atoms with Crippen molar-refractivity contribution < 1.29 is 5.11 Å². The number of aliphatic hydroxyl groups excluding tert-OH is 1. The van der Waals surface area contributed by atoms with Crippen molar-refractivity contribution in [2.75, 3.05) is 37.9 Å². The molecule has 96 valence electrons. The molecule has 1 atom stereocenters. The van der Waals surface area contributed by atoms with Crippen molar-refractivity contribution in [2.24, 2.45) is 0 Å². The minimum atomic E-state index is -0.504. The van der Waals surface area contributed by atoms with Crippen molar-refractivity contribution in [2.45, 2.75) is 12.5 Å². The third-order valence-corrected chi connectivity index (χ3v) is 3.42. The van der Waals surface area contributed by atoms with Crippen LogP contribution >= 0.6 is 11.8 Å². The molecular formula is C13H22N2OS. The molecule has 1 aromatic rings. The number of hydrogen-bond acceptors (Lipinski definition) is 4. The molecule has 0 radical (unpaired) electrons. The van der Waals surface area contributed by atoms with Crippen LogP contribution in [0.25, 0.3) is 0 Å². The zero-order valence-corrected chi connectivity index (χ0v) is 11.4. The van der Waals surface area contributed by atoms with Crippen LogP contribution in [0.1, 0.15) is 18.1 Å². The number of likely N-dealkylation sites (N-methyl/N-ethyl adjacent to an activating group) is 1. The van der Waals surface area contributed by atoms with E-state index in [1.807, 2.05) is 43.1 Å². The third kappa shape index (κ3) is 4.98. The van der Waals surface area contributed by atoms with Gasteiger partial charge < -0.3 is 15.7 Å². The Balaban J connectivity index is 2.43. The Morgan fingerprint density at radius 2 is 2.12 bits per heavy atom. The van der Waals surface area contributed by atoms with E-state index in [-0.39, 0.29) is 0 Å². The van der Waals surface area contributed by atoms with Crippen LogP contribution in [0.15, 0.2) is 24.3 Å². The number of para-hydroxylation sites is 1. The Kier molecular flexibility index (Phi) is 6.40. The Labute approximate surface area is 108 Å². The van der Waals surface area contributed by atoms with E-state index in [4.69, 9.17) is 5.73 Å². The fourth-order valence-corrected chi connectivity index (χ4v) is 2.20. The highest BCUT2D eigenvalue weighted by Gasteiger charge is 2.12. The van der Waals surface area contributed by atoms with Gasteiger partial charge in [0, 0.05) is 17.8 Å². The fraction of sp³-hybridized carbons (Fsp3) is 0.538. The van der Waals surface area contributed by atoms with Crippen LogP contribution < -0.4 is 5.73 Å². The molecule has 0 aromatic heterocycles. The topological polar surface area (TPSA) is 49.5 Å². The summed E-state index contributed by atoms with van der Waals surface area (Å²) in [5.74, 6) is 1.16. The SMILES string of the molecule is CSCCCN(C)CC(O)c1ccccc1N. The number of rotatable bonds is 7. The first-order valence-corrected chi connectivity index (χ1v) is 7.24. The Morgan fingerprint density at radius 3 is 2.76 bits per heavy atom. The summed E-state index contributed by atoms with van der Waals surface area (Å²) in [4.78, 5) is 2.15. The van der Waals surface area contributed by atoms with Crippen molar-refractivity contribution in [1.29, 1.82) is 0 Å². The van der Waals surface area contributed by atoms with Gasteiger partial charge in [-0.05, 0) is 38.1 Å². The predicted molar refractivity (Wildman–Crippen MR) is 76.3 cm³/mol. The molecule has 1 rings (SSSR count). The van der Waals surface area contributed by atoms with Crippen molar-refractivity contribution >= 4 is 17.4 Å². The number of thioether (sulfide) groups is 1. The normalized spacial score (nSPS) is 12.9. The van der Waals surface area contributed by atoms with Gasteiger partial charge in [-0.3, -0.25) is 0 Å². The second-order valence-electron chi connectivity index (χ2n) is 4.25. The highest BCUT2D eigenvalue weighted by atomic mass is 32.2. The lowest BCUT2D eigenvalue weighted by Gasteiger charge is -2.21. The molecule has 3 N–H and O–H groups in total. The lowest BCUT2D eigenvalue weighted by Crippen LogP contribution is -2.26. The smallest absolute Gasteiger partial charge is 0.0936 e. The molecule has 0 aliphatic carbocycles. The maximum Gasteiger partial charge on any atom is 0.0936 e. The minimum Gasteiger partial charge on any atom is -0.398 e. The molecule has 17 heavy (non-hydrogen) atoms. The zero-order chi connectivity index (χ0) is 12.7. The van der Waals surface area contributed by atoms with Crippen LogP contribution in [0.2, 0.25) is 0 Å². The molecule has 4 heteroatoms. The van der Waals surface area contributed by atoms with E-state index in [2.05, 4.69) is 11.2 Å². The standard InChI is InChI=1S/C13H22N2OS/c1-15(8-5-9-17-2)10-13(16)11-6-3-4-7-12(11)14/h3-4,6-7,13,16H,5,8-10,14H2,1-2H3. The summed E-state index contributed by atoms with van der Waals surface area (Å²) in [5.41, 5.74) is 7.32. The number of hydrogen-bond donors (Lipinski definition) is 2. The number of benzene rings is 1. The number of nitrogens with two attached hydrogens (primary N) is 1. The van der Waals surface area contributed by atoms with Crippen molar-refractivity contribution in [3.8, 4) is 0 Å². The Hall–Kier alpha value is -0.710. The second kappa shape index (κ2) is 7.58. The van der Waals surface area contributed by atoms with Gasteiger partial charge in [0.2, 0.25) is 0 Å². The Bertz CT molecular complexity index is 333. The monoisotopic (exact) mass is 254 g/mol. The molecular weight excluding hydrogens is 232 g/mol. The fourth-order valence-electron chi connectivity index (χ4n) is 1.78. The van der Waals surface area contributed by atoms with Crippen molar-refractivity contribution in [3.05, 3.63) is 29.8 Å². The van der Waals surface area contributed by atoms with E-state index >= 15 is 0 Å². The van der Waals surface area contributed by atoms with Crippen LogP contribution in [0, 0.1) is 0 Å². The van der Waals surface area contributed by atoms with Gasteiger partial charge in [-0.2, -0.15) is 11.8 Å². The summed E-state index contributed by atoms with van der Waals surface area (Å²) >= 11 is 1.85. The summed E-state index contributed by atoms with van der Waals surface area (Å²) in [6, 6.07) is 7.50. The Morgan fingerprint density at radius 1 is 1.41 bits per heavy atom. The second-order valence-corrected chi connectivity index (χ2v) is 5.24. The summed E-state index contributed by atoms with van der Waals surface area (Å²) in [5, 5.41) is 10.1. The number of nitrogens with zero attached hydrogens (tertiary/aromatic N) is 1. The first-order valence-electron chi connectivity index (χ1n) is 5.85. The molecule has 0 amide bonds. The number of anilines is 1. The van der Waals surface area contributed by atoms with E-state index in [0.717, 1.165) is 24.3 Å². The first-order chi connectivity index (χ1) is 8.15. The van der Waals surface area contributed by atoms with Gasteiger partial charge in [0.1, 0.15) is 0 Å². The minimum absolute atomic E-state index is 0.504. The molecule has 0 fully saturated rings. The molecule has 0 spiro atoms. The largest absolute Gasteiger partial charge is 0.398 e. The molecule has 0 heterocycles. The number of nitrogen functional groups attached to an aromatic ring is 1. The highest BCUT2D eigenvalue weighted by Crippen LogP contribution is 2.20. The van der Waals surface area contributed by atoms with E-state index in [9.17, 15) is 5.11 Å². The van der Waals surface area contributed by atoms with Crippen LogP contribution in [-0.2, 0) is 0 Å². The summed E-state index contributed by atoms with van der Waals surface area (Å²) in [6.45, 7) is 1.63. The lowest BCUT2D eigenvalue weighted by molar-refractivity contribution is 0.127. The molecule has 0 bridgehead atoms. The predicted octanol–water partition coefficient (Wildman–Crippen LogP) is 1.99. The van der Waals surface area contributed by atoms with E-state index in [1.165, 1.54) is 0 Å². The maximum atomic E-state index is 10.1. The van der Waals surface area contributed by atoms with E-state index < -0.39 is 6.10 Å². The summed E-state index contributed by atoms with van der Waals surface area (Å²) in [7, 11) is 2.03. The number of aliphatic hydroxyl groups is 1. The lowest BCUT2D eigenvalue weighted by atomic mass is 10.1. The van der Waals surface area contributed by atoms with Crippen molar-refractivity contribution in [3.63, 3.8) is 0 Å². The van der Waals surface area contributed by atoms with Gasteiger partial charge in [0.15, 0.2) is 0 Å². The van der Waals surface area contributed by atoms with Crippen LogP contribution in [0.3, 0.4) is 0 Å². The first kappa shape index (κ1) is 14.4. The summed E-state index contributed by atoms with van der Waals surface area (Å²) in [6.07, 6.45) is 2.75. The molecule has 0 aliphatic rings. The average molecular weight is 254 g/mol. The third-order valence-electron chi connectivity index (χ3n) is 2.73. The molecule has 0 saturated heterocycles. The van der Waals surface area contributed by atoms with Gasteiger partial charge in [-0.15, -0.1) is 0 Å². The average Bonchev–Trinajstić information content (AvgIpc) is 2.29. The molecule has 3 nitrogen and oxygen atoms in total. The summed E-state index contributed by atoms with van der Waals surface area (Å²) < 4.78 is 0. The molecule has 0 aliphatic heterocycles. The van der Waals surface area contributed by atoms with Crippen LogP contribution in [0.5, 0.6) is 0 Å².